The molecule has 0 saturated heterocycles. The summed E-state index contributed by atoms with van der Waals surface area (Å²) in [5.74, 6) is 0.564. The molecule has 0 unspecified atom stereocenters. The molecule has 0 radical (unpaired) electrons. The lowest BCUT2D eigenvalue weighted by atomic mass is 10.0. The van der Waals surface area contributed by atoms with Crippen LogP contribution in [0.2, 0.25) is 0 Å². The second-order valence-electron chi connectivity index (χ2n) is 6.12. The molecule has 1 aliphatic carbocycles. The van der Waals surface area contributed by atoms with Gasteiger partial charge in [-0.3, -0.25) is 0 Å². The van der Waals surface area contributed by atoms with Gasteiger partial charge in [0.05, 0.1) is 11.3 Å². The number of hydrogen-bond acceptors (Lipinski definition) is 2. The van der Waals surface area contributed by atoms with Crippen LogP contribution in [0.3, 0.4) is 0 Å². The molecule has 2 aromatic carbocycles. The van der Waals surface area contributed by atoms with Crippen molar-refractivity contribution in [2.75, 3.05) is 0 Å². The zero-order valence-electron chi connectivity index (χ0n) is 13.3. The van der Waals surface area contributed by atoms with Crippen LogP contribution in [0.5, 0.6) is 0 Å². The molecule has 0 saturated carbocycles. The van der Waals surface area contributed by atoms with Crippen molar-refractivity contribution in [3.63, 3.8) is 0 Å². The van der Waals surface area contributed by atoms with Crippen molar-refractivity contribution < 1.29 is 13.2 Å². The number of benzene rings is 2. The minimum atomic E-state index is -4.37. The first kappa shape index (κ1) is 15.8. The third-order valence-corrected chi connectivity index (χ3v) is 4.43. The molecule has 5 heteroatoms. The SMILES string of the molecule is FC(F)(F)c1cccc(-c2nc(-c3ccccc3)nc3c2CCC3)c1. The van der Waals surface area contributed by atoms with Crippen LogP contribution < -0.4 is 0 Å². The van der Waals surface area contributed by atoms with E-state index in [2.05, 4.69) is 9.97 Å². The first-order valence-electron chi connectivity index (χ1n) is 8.15. The van der Waals surface area contributed by atoms with Gasteiger partial charge in [0.15, 0.2) is 5.82 Å². The molecule has 0 spiro atoms. The van der Waals surface area contributed by atoms with E-state index in [1.807, 2.05) is 30.3 Å². The molecular formula is C20H15F3N2. The Morgan fingerprint density at radius 3 is 2.32 bits per heavy atom. The Balaban J connectivity index is 1.89. The van der Waals surface area contributed by atoms with E-state index in [9.17, 15) is 13.2 Å². The average molecular weight is 340 g/mol. The summed E-state index contributed by atoms with van der Waals surface area (Å²) >= 11 is 0. The zero-order valence-corrected chi connectivity index (χ0v) is 13.3. The van der Waals surface area contributed by atoms with Gasteiger partial charge in [-0.05, 0) is 31.4 Å². The summed E-state index contributed by atoms with van der Waals surface area (Å²) in [4.78, 5) is 9.28. The van der Waals surface area contributed by atoms with Crippen molar-refractivity contribution >= 4 is 0 Å². The number of aromatic nitrogens is 2. The lowest BCUT2D eigenvalue weighted by Crippen LogP contribution is -2.05. The molecule has 1 heterocycles. The van der Waals surface area contributed by atoms with Gasteiger partial charge in [0.2, 0.25) is 0 Å². The fraction of sp³-hybridized carbons (Fsp3) is 0.200. The maximum atomic E-state index is 13.1. The summed E-state index contributed by atoms with van der Waals surface area (Å²) in [6.45, 7) is 0. The zero-order chi connectivity index (χ0) is 17.4. The molecule has 1 aliphatic rings. The summed E-state index contributed by atoms with van der Waals surface area (Å²) in [5, 5.41) is 0. The highest BCUT2D eigenvalue weighted by Gasteiger charge is 2.31. The Labute approximate surface area is 143 Å². The monoisotopic (exact) mass is 340 g/mol. The highest BCUT2D eigenvalue weighted by molar-refractivity contribution is 5.69. The van der Waals surface area contributed by atoms with E-state index in [1.165, 1.54) is 12.1 Å². The van der Waals surface area contributed by atoms with Gasteiger partial charge in [0.25, 0.3) is 0 Å². The number of fused-ring (bicyclic) bond motifs is 1. The highest BCUT2D eigenvalue weighted by Crippen LogP contribution is 2.35. The number of nitrogens with zero attached hydrogens (tertiary/aromatic N) is 2. The Hall–Kier alpha value is -2.69. The van der Waals surface area contributed by atoms with Crippen molar-refractivity contribution in [3.05, 3.63) is 71.4 Å². The van der Waals surface area contributed by atoms with Gasteiger partial charge in [-0.1, -0.05) is 42.5 Å². The second kappa shape index (κ2) is 5.99. The van der Waals surface area contributed by atoms with Crippen molar-refractivity contribution in [3.8, 4) is 22.6 Å². The topological polar surface area (TPSA) is 25.8 Å². The van der Waals surface area contributed by atoms with E-state index in [1.54, 1.807) is 6.07 Å². The van der Waals surface area contributed by atoms with Gasteiger partial charge >= 0.3 is 6.18 Å². The van der Waals surface area contributed by atoms with E-state index in [-0.39, 0.29) is 0 Å². The Kier molecular flexibility index (Phi) is 3.79. The molecule has 0 amide bonds. The molecule has 3 aromatic rings. The molecule has 0 atom stereocenters. The fourth-order valence-corrected chi connectivity index (χ4v) is 3.23. The minimum Gasteiger partial charge on any atom is -0.233 e. The maximum absolute atomic E-state index is 13.1. The average Bonchev–Trinajstić information content (AvgIpc) is 3.09. The van der Waals surface area contributed by atoms with E-state index >= 15 is 0 Å². The first-order chi connectivity index (χ1) is 12.0. The molecule has 2 nitrogen and oxygen atoms in total. The van der Waals surface area contributed by atoms with Crippen molar-refractivity contribution in [1.82, 2.24) is 9.97 Å². The van der Waals surface area contributed by atoms with Gasteiger partial charge in [0, 0.05) is 22.4 Å². The molecule has 25 heavy (non-hydrogen) atoms. The van der Waals surface area contributed by atoms with Gasteiger partial charge in [-0.15, -0.1) is 0 Å². The first-order valence-corrected chi connectivity index (χ1v) is 8.15. The predicted octanol–water partition coefficient (Wildman–Crippen LogP) is 5.32. The quantitative estimate of drug-likeness (QED) is 0.631. The minimum absolute atomic E-state index is 0.493. The third kappa shape index (κ3) is 3.02. The molecule has 0 N–H and O–H groups in total. The highest BCUT2D eigenvalue weighted by atomic mass is 19.4. The third-order valence-electron chi connectivity index (χ3n) is 4.43. The summed E-state index contributed by atoms with van der Waals surface area (Å²) < 4.78 is 39.2. The van der Waals surface area contributed by atoms with Crippen molar-refractivity contribution in [1.29, 1.82) is 0 Å². The van der Waals surface area contributed by atoms with Crippen molar-refractivity contribution in [2.45, 2.75) is 25.4 Å². The van der Waals surface area contributed by atoms with E-state index in [4.69, 9.17) is 0 Å². The molecular weight excluding hydrogens is 325 g/mol. The maximum Gasteiger partial charge on any atom is 0.416 e. The van der Waals surface area contributed by atoms with Gasteiger partial charge in [0.1, 0.15) is 0 Å². The predicted molar refractivity (Wildman–Crippen MR) is 89.9 cm³/mol. The number of rotatable bonds is 2. The second-order valence-corrected chi connectivity index (χ2v) is 6.12. The molecule has 0 fully saturated rings. The fourth-order valence-electron chi connectivity index (χ4n) is 3.23. The standard InChI is InChI=1S/C20H15F3N2/c21-20(22,23)15-9-4-8-14(12-15)18-16-10-5-11-17(16)24-19(25-18)13-6-2-1-3-7-13/h1-4,6-9,12H,5,10-11H2. The Bertz CT molecular complexity index is 918. The van der Waals surface area contributed by atoms with Gasteiger partial charge < -0.3 is 0 Å². The van der Waals surface area contributed by atoms with Crippen molar-refractivity contribution in [2.24, 2.45) is 0 Å². The van der Waals surface area contributed by atoms with Gasteiger partial charge in [-0.2, -0.15) is 13.2 Å². The van der Waals surface area contributed by atoms with E-state index < -0.39 is 11.7 Å². The normalized spacial score (nSPS) is 13.7. The van der Waals surface area contributed by atoms with E-state index in [0.717, 1.165) is 42.1 Å². The number of aryl methyl sites for hydroxylation is 1. The number of hydrogen-bond donors (Lipinski definition) is 0. The van der Waals surface area contributed by atoms with Crippen LogP contribution in [0.4, 0.5) is 13.2 Å². The van der Waals surface area contributed by atoms with Gasteiger partial charge in [-0.25, -0.2) is 9.97 Å². The summed E-state index contributed by atoms with van der Waals surface area (Å²) in [6.07, 6.45) is -1.78. The molecule has 0 aliphatic heterocycles. The van der Waals surface area contributed by atoms with Crippen LogP contribution in [0, 0.1) is 0 Å². The van der Waals surface area contributed by atoms with Crippen LogP contribution in [0.1, 0.15) is 23.2 Å². The van der Waals surface area contributed by atoms with Crippen LogP contribution in [0.25, 0.3) is 22.6 Å². The lowest BCUT2D eigenvalue weighted by molar-refractivity contribution is -0.137. The molecule has 4 rings (SSSR count). The van der Waals surface area contributed by atoms with E-state index in [0.29, 0.717) is 17.1 Å². The smallest absolute Gasteiger partial charge is 0.233 e. The number of alkyl halides is 3. The molecule has 1 aromatic heterocycles. The lowest BCUT2D eigenvalue weighted by Gasteiger charge is -2.13. The van der Waals surface area contributed by atoms with Crippen LogP contribution in [0.15, 0.2) is 54.6 Å². The number of halogens is 3. The Morgan fingerprint density at radius 1 is 0.800 bits per heavy atom. The van der Waals surface area contributed by atoms with Crippen LogP contribution >= 0.6 is 0 Å². The van der Waals surface area contributed by atoms with Crippen LogP contribution in [-0.2, 0) is 19.0 Å². The van der Waals surface area contributed by atoms with Crippen LogP contribution in [-0.4, -0.2) is 9.97 Å². The largest absolute Gasteiger partial charge is 0.416 e. The Morgan fingerprint density at radius 2 is 1.56 bits per heavy atom. The summed E-state index contributed by atoms with van der Waals surface area (Å²) in [5.41, 5.74) is 3.24. The summed E-state index contributed by atoms with van der Waals surface area (Å²) in [7, 11) is 0. The molecule has 126 valence electrons. The molecule has 0 bridgehead atoms. The summed E-state index contributed by atoms with van der Waals surface area (Å²) in [6, 6.07) is 14.9.